The third-order valence-corrected chi connectivity index (χ3v) is 4.01. The molecule has 2 heterocycles. The lowest BCUT2D eigenvalue weighted by molar-refractivity contribution is -0.148. The van der Waals surface area contributed by atoms with Gasteiger partial charge in [0.2, 0.25) is 5.91 Å². The second-order valence-electron chi connectivity index (χ2n) is 5.35. The lowest BCUT2D eigenvalue weighted by atomic mass is 10.1. The molecule has 3 rings (SSSR count). The van der Waals surface area contributed by atoms with Crippen LogP contribution in [0.5, 0.6) is 0 Å². The Kier molecular flexibility index (Phi) is 3.37. The van der Waals surface area contributed by atoms with Gasteiger partial charge in [-0.15, -0.1) is 0 Å². The first kappa shape index (κ1) is 13.6. The number of carboxylic acid groups (broad SMARTS) is 1. The molecule has 1 amide bonds. The molecule has 1 aliphatic rings. The average Bonchev–Trinajstić information content (AvgIpc) is 3.06. The molecule has 1 aromatic carbocycles. The van der Waals surface area contributed by atoms with E-state index in [-0.39, 0.29) is 12.3 Å². The van der Waals surface area contributed by atoms with Crippen molar-refractivity contribution in [1.82, 2.24) is 14.7 Å². The predicted octanol–water partition coefficient (Wildman–Crippen LogP) is 1.19. The number of rotatable bonds is 3. The first-order valence-electron chi connectivity index (χ1n) is 7.01. The first-order valence-corrected chi connectivity index (χ1v) is 7.01. The number of carbonyl (C=O) groups is 2. The number of aliphatic carboxylic acids is 1. The molecule has 1 N–H and O–H groups in total. The molecule has 1 aromatic heterocycles. The minimum atomic E-state index is -0.924. The lowest BCUT2D eigenvalue weighted by Gasteiger charge is -2.20. The van der Waals surface area contributed by atoms with E-state index in [2.05, 4.69) is 5.10 Å². The molecule has 0 saturated carbocycles. The van der Waals surface area contributed by atoms with Gasteiger partial charge in [-0.1, -0.05) is 18.2 Å². The van der Waals surface area contributed by atoms with Crippen LogP contribution in [0.15, 0.2) is 24.3 Å². The van der Waals surface area contributed by atoms with Crippen molar-refractivity contribution in [3.63, 3.8) is 0 Å². The molecule has 110 valence electrons. The van der Waals surface area contributed by atoms with Gasteiger partial charge in [-0.05, 0) is 18.9 Å². The molecule has 0 spiro atoms. The van der Waals surface area contributed by atoms with Crippen molar-refractivity contribution < 1.29 is 14.7 Å². The van der Waals surface area contributed by atoms with E-state index < -0.39 is 12.0 Å². The van der Waals surface area contributed by atoms with Gasteiger partial charge in [-0.25, -0.2) is 4.79 Å². The van der Waals surface area contributed by atoms with Crippen LogP contribution in [-0.2, 0) is 23.1 Å². The summed E-state index contributed by atoms with van der Waals surface area (Å²) in [7, 11) is 1.84. The van der Waals surface area contributed by atoms with Crippen LogP contribution in [-0.4, -0.2) is 44.3 Å². The molecular weight excluding hydrogens is 270 g/mol. The van der Waals surface area contributed by atoms with Crippen molar-refractivity contribution in [1.29, 1.82) is 0 Å². The highest BCUT2D eigenvalue weighted by atomic mass is 16.4. The van der Waals surface area contributed by atoms with Gasteiger partial charge in [0, 0.05) is 19.0 Å². The highest BCUT2D eigenvalue weighted by Crippen LogP contribution is 2.22. The van der Waals surface area contributed by atoms with Crippen LogP contribution < -0.4 is 0 Å². The van der Waals surface area contributed by atoms with Crippen molar-refractivity contribution >= 4 is 22.8 Å². The van der Waals surface area contributed by atoms with Crippen molar-refractivity contribution in [3.8, 4) is 0 Å². The maximum Gasteiger partial charge on any atom is 0.326 e. The van der Waals surface area contributed by atoms with Gasteiger partial charge < -0.3 is 10.0 Å². The Morgan fingerprint density at radius 2 is 2.14 bits per heavy atom. The molecule has 6 heteroatoms. The molecular formula is C15H17N3O3. The molecule has 1 atom stereocenters. The van der Waals surface area contributed by atoms with E-state index in [1.807, 2.05) is 31.3 Å². The number of amides is 1. The van der Waals surface area contributed by atoms with E-state index in [9.17, 15) is 9.59 Å². The number of carbonyl (C=O) groups excluding carboxylic acids is 1. The van der Waals surface area contributed by atoms with Gasteiger partial charge in [-0.2, -0.15) is 5.10 Å². The summed E-state index contributed by atoms with van der Waals surface area (Å²) in [6.07, 6.45) is 1.42. The summed E-state index contributed by atoms with van der Waals surface area (Å²) < 4.78 is 1.75. The predicted molar refractivity (Wildman–Crippen MR) is 76.8 cm³/mol. The minimum absolute atomic E-state index is 0.144. The van der Waals surface area contributed by atoms with Crippen LogP contribution in [0, 0.1) is 0 Å². The molecule has 2 aromatic rings. The molecule has 0 bridgehead atoms. The van der Waals surface area contributed by atoms with Crippen LogP contribution in [0.4, 0.5) is 0 Å². The molecule has 1 fully saturated rings. The Hall–Kier alpha value is -2.37. The standard InChI is InChI=1S/C15H17N3O3/c1-17-12-6-3-2-5-10(12)11(16-17)9-14(19)18-8-4-7-13(18)15(20)21/h2-3,5-6,13H,4,7-9H2,1H3,(H,20,21). The SMILES string of the molecule is Cn1nc(CC(=O)N2CCCC2C(=O)O)c2ccccc21. The van der Waals surface area contributed by atoms with Crippen molar-refractivity contribution in [2.75, 3.05) is 6.54 Å². The Morgan fingerprint density at radius 3 is 2.90 bits per heavy atom. The van der Waals surface area contributed by atoms with Crippen LogP contribution >= 0.6 is 0 Å². The van der Waals surface area contributed by atoms with E-state index >= 15 is 0 Å². The zero-order valence-electron chi connectivity index (χ0n) is 11.8. The number of aryl methyl sites for hydroxylation is 1. The highest BCUT2D eigenvalue weighted by molar-refractivity contribution is 5.90. The third kappa shape index (κ3) is 2.37. The number of para-hydroxylation sites is 1. The molecule has 6 nitrogen and oxygen atoms in total. The maximum absolute atomic E-state index is 12.4. The quantitative estimate of drug-likeness (QED) is 0.920. The first-order chi connectivity index (χ1) is 10.1. The summed E-state index contributed by atoms with van der Waals surface area (Å²) in [5.74, 6) is -1.09. The summed E-state index contributed by atoms with van der Waals surface area (Å²) in [4.78, 5) is 25.0. The second-order valence-corrected chi connectivity index (χ2v) is 5.35. The fourth-order valence-corrected chi connectivity index (χ4v) is 2.99. The summed E-state index contributed by atoms with van der Waals surface area (Å²) in [6, 6.07) is 7.03. The van der Waals surface area contributed by atoms with E-state index in [1.165, 1.54) is 4.90 Å². The van der Waals surface area contributed by atoms with Gasteiger partial charge >= 0.3 is 5.97 Å². The van der Waals surface area contributed by atoms with Gasteiger partial charge in [0.1, 0.15) is 6.04 Å². The number of hydrogen-bond acceptors (Lipinski definition) is 3. The molecule has 1 saturated heterocycles. The molecule has 0 radical (unpaired) electrons. The van der Waals surface area contributed by atoms with Crippen molar-refractivity contribution in [2.45, 2.75) is 25.3 Å². The summed E-state index contributed by atoms with van der Waals surface area (Å²) in [6.45, 7) is 0.514. The van der Waals surface area contributed by atoms with Crippen LogP contribution in [0.3, 0.4) is 0 Å². The number of nitrogens with zero attached hydrogens (tertiary/aromatic N) is 3. The highest BCUT2D eigenvalue weighted by Gasteiger charge is 2.34. The Balaban J connectivity index is 1.85. The zero-order valence-corrected chi connectivity index (χ0v) is 11.8. The Bertz CT molecular complexity index is 707. The lowest BCUT2D eigenvalue weighted by Crippen LogP contribution is -2.41. The number of fused-ring (bicyclic) bond motifs is 1. The number of aromatic nitrogens is 2. The molecule has 21 heavy (non-hydrogen) atoms. The van der Waals surface area contributed by atoms with E-state index in [0.29, 0.717) is 18.7 Å². The van der Waals surface area contributed by atoms with Gasteiger partial charge in [0.05, 0.1) is 17.6 Å². The Labute approximate surface area is 122 Å². The minimum Gasteiger partial charge on any atom is -0.480 e. The third-order valence-electron chi connectivity index (χ3n) is 4.01. The van der Waals surface area contributed by atoms with Crippen molar-refractivity contribution in [3.05, 3.63) is 30.0 Å². The zero-order chi connectivity index (χ0) is 15.0. The van der Waals surface area contributed by atoms with Gasteiger partial charge in [0.15, 0.2) is 0 Å². The van der Waals surface area contributed by atoms with Gasteiger partial charge in [-0.3, -0.25) is 9.48 Å². The van der Waals surface area contributed by atoms with Crippen molar-refractivity contribution in [2.24, 2.45) is 7.05 Å². The summed E-state index contributed by atoms with van der Waals surface area (Å²) >= 11 is 0. The largest absolute Gasteiger partial charge is 0.480 e. The monoisotopic (exact) mass is 287 g/mol. The second kappa shape index (κ2) is 5.20. The van der Waals surface area contributed by atoms with Gasteiger partial charge in [0.25, 0.3) is 0 Å². The van der Waals surface area contributed by atoms with E-state index in [1.54, 1.807) is 4.68 Å². The number of hydrogen-bond donors (Lipinski definition) is 1. The summed E-state index contributed by atoms with van der Waals surface area (Å²) in [5, 5.41) is 14.5. The van der Waals surface area contributed by atoms with E-state index in [4.69, 9.17) is 5.11 Å². The molecule has 0 aliphatic carbocycles. The van der Waals surface area contributed by atoms with Crippen LogP contribution in [0.25, 0.3) is 10.9 Å². The molecule has 1 aliphatic heterocycles. The fraction of sp³-hybridized carbons (Fsp3) is 0.400. The molecule has 1 unspecified atom stereocenters. The number of carboxylic acids is 1. The maximum atomic E-state index is 12.4. The van der Waals surface area contributed by atoms with Crippen LogP contribution in [0.2, 0.25) is 0 Å². The number of benzene rings is 1. The number of likely N-dealkylation sites (tertiary alicyclic amines) is 1. The topological polar surface area (TPSA) is 75.4 Å². The fourth-order valence-electron chi connectivity index (χ4n) is 2.99. The average molecular weight is 287 g/mol. The smallest absolute Gasteiger partial charge is 0.326 e. The summed E-state index contributed by atoms with van der Waals surface area (Å²) in [5.41, 5.74) is 1.67. The van der Waals surface area contributed by atoms with E-state index in [0.717, 1.165) is 17.3 Å². The van der Waals surface area contributed by atoms with Crippen LogP contribution in [0.1, 0.15) is 18.5 Å². The normalized spacial score (nSPS) is 18.3. The Morgan fingerprint density at radius 1 is 1.38 bits per heavy atom.